The second kappa shape index (κ2) is 5.02. The molecule has 2 aromatic rings. The average molecular weight is 246 g/mol. The predicted octanol–water partition coefficient (Wildman–Crippen LogP) is 3.91. The molecule has 0 aliphatic heterocycles. The Morgan fingerprint density at radius 2 is 1.76 bits per heavy atom. The van der Waals surface area contributed by atoms with Crippen molar-refractivity contribution in [2.24, 2.45) is 0 Å². The Morgan fingerprint density at radius 1 is 1.06 bits per heavy atom. The smallest absolute Gasteiger partial charge is 0.235 e. The van der Waals surface area contributed by atoms with Gasteiger partial charge in [-0.2, -0.15) is 4.74 Å². The Morgan fingerprint density at radius 3 is 2.47 bits per heavy atom. The summed E-state index contributed by atoms with van der Waals surface area (Å²) in [5.74, 6) is 0. The summed E-state index contributed by atoms with van der Waals surface area (Å²) in [7, 11) is 0. The predicted molar refractivity (Wildman–Crippen MR) is 71.1 cm³/mol. The van der Waals surface area contributed by atoms with Crippen molar-refractivity contribution in [2.75, 3.05) is 0 Å². The van der Waals surface area contributed by atoms with E-state index in [1.165, 1.54) is 6.21 Å². The van der Waals surface area contributed by atoms with Crippen LogP contribution in [0.25, 0.3) is 0 Å². The number of benzene rings is 2. The van der Waals surface area contributed by atoms with Crippen LogP contribution < -0.4 is 0 Å². The highest BCUT2D eigenvalue weighted by Crippen LogP contribution is 2.26. The van der Waals surface area contributed by atoms with E-state index in [1.807, 2.05) is 49.4 Å². The first-order chi connectivity index (χ1) is 8.18. The molecule has 0 aliphatic carbocycles. The fourth-order valence-corrected chi connectivity index (χ4v) is 1.76. The topological polar surface area (TPSA) is 26.1 Å². The average Bonchev–Trinajstić information content (AvgIpc) is 2.34. The van der Waals surface area contributed by atoms with Crippen molar-refractivity contribution in [3.8, 4) is 0 Å². The third-order valence-corrected chi connectivity index (χ3v) is 2.97. The van der Waals surface area contributed by atoms with Crippen LogP contribution in [0.15, 0.2) is 48.5 Å². The summed E-state index contributed by atoms with van der Waals surface area (Å²) in [5, 5.41) is 12.5. The van der Waals surface area contributed by atoms with E-state index in [0.29, 0.717) is 10.7 Å². The maximum Gasteiger partial charge on any atom is 0.235 e. The van der Waals surface area contributed by atoms with Gasteiger partial charge in [0.25, 0.3) is 0 Å². The van der Waals surface area contributed by atoms with Crippen LogP contribution in [0.3, 0.4) is 0 Å². The fraction of sp³-hybridized carbons (Fsp3) is 0.0714. The third kappa shape index (κ3) is 2.66. The van der Waals surface area contributed by atoms with Gasteiger partial charge in [0.2, 0.25) is 5.69 Å². The Bertz CT molecular complexity index is 549. The first-order valence-corrected chi connectivity index (χ1v) is 5.67. The Kier molecular flexibility index (Phi) is 3.45. The molecule has 0 bridgehead atoms. The molecule has 86 valence electrons. The van der Waals surface area contributed by atoms with Crippen LogP contribution in [0.5, 0.6) is 0 Å². The maximum atomic E-state index is 12.0. The molecule has 0 fully saturated rings. The molecule has 0 amide bonds. The molecule has 3 heteroatoms. The molecular formula is C14H12ClNO. The molecule has 0 N–H and O–H groups in total. The van der Waals surface area contributed by atoms with Gasteiger partial charge in [0.1, 0.15) is 5.02 Å². The van der Waals surface area contributed by atoms with Gasteiger partial charge in [0.05, 0.1) is 0 Å². The van der Waals surface area contributed by atoms with Crippen LogP contribution in [0.4, 0.5) is 5.69 Å². The Labute approximate surface area is 105 Å². The Balaban J connectivity index is 2.41. The van der Waals surface area contributed by atoms with E-state index in [4.69, 9.17) is 11.6 Å². The Hall–Kier alpha value is -1.80. The lowest BCUT2D eigenvalue weighted by Gasteiger charge is -2.06. The van der Waals surface area contributed by atoms with E-state index in [2.05, 4.69) is 0 Å². The minimum absolute atomic E-state index is 0.468. The number of rotatable bonds is 2. The molecule has 0 aliphatic rings. The molecule has 0 aromatic heterocycles. The van der Waals surface area contributed by atoms with Crippen LogP contribution in [0.2, 0.25) is 5.02 Å². The van der Waals surface area contributed by atoms with Crippen molar-refractivity contribution in [2.45, 2.75) is 6.92 Å². The van der Waals surface area contributed by atoms with Crippen LogP contribution in [-0.4, -0.2) is 11.0 Å². The molecule has 0 radical (unpaired) electrons. The van der Waals surface area contributed by atoms with Gasteiger partial charge >= 0.3 is 0 Å². The molecular weight excluding hydrogens is 234 g/mol. The van der Waals surface area contributed by atoms with E-state index in [-0.39, 0.29) is 0 Å². The van der Waals surface area contributed by atoms with Gasteiger partial charge in [0.15, 0.2) is 6.21 Å². The summed E-state index contributed by atoms with van der Waals surface area (Å²) >= 11 is 6.09. The highest BCUT2D eigenvalue weighted by molar-refractivity contribution is 6.33. The normalized spacial score (nSPS) is 11.5. The lowest BCUT2D eigenvalue weighted by Crippen LogP contribution is -1.99. The van der Waals surface area contributed by atoms with Crippen molar-refractivity contribution in [3.63, 3.8) is 0 Å². The van der Waals surface area contributed by atoms with Crippen molar-refractivity contribution >= 4 is 23.5 Å². The summed E-state index contributed by atoms with van der Waals surface area (Å²) < 4.78 is 0.796. The lowest BCUT2D eigenvalue weighted by molar-refractivity contribution is -0.354. The van der Waals surface area contributed by atoms with Crippen molar-refractivity contribution < 1.29 is 4.74 Å². The molecule has 0 saturated carbocycles. The lowest BCUT2D eigenvalue weighted by atomic mass is 10.2. The highest BCUT2D eigenvalue weighted by atomic mass is 35.5. The zero-order chi connectivity index (χ0) is 12.3. The van der Waals surface area contributed by atoms with E-state index in [0.717, 1.165) is 15.9 Å². The molecule has 0 unspecified atom stereocenters. The molecule has 2 rings (SSSR count). The number of hydrogen-bond acceptors (Lipinski definition) is 1. The summed E-state index contributed by atoms with van der Waals surface area (Å²) in [5.41, 5.74) is 2.21. The quantitative estimate of drug-likeness (QED) is 0.341. The van der Waals surface area contributed by atoms with E-state index in [1.54, 1.807) is 6.07 Å². The number of nitrogens with zero attached hydrogens (tertiary/aromatic N) is 1. The molecule has 0 heterocycles. The van der Waals surface area contributed by atoms with Crippen molar-refractivity contribution in [1.82, 2.24) is 0 Å². The zero-order valence-electron chi connectivity index (χ0n) is 9.43. The molecule has 2 nitrogen and oxygen atoms in total. The minimum Gasteiger partial charge on any atom is -0.618 e. The van der Waals surface area contributed by atoms with Gasteiger partial charge in [-0.05, 0) is 24.6 Å². The SMILES string of the molecule is Cc1cccc([N+]([O-])=Cc2ccccc2)c1Cl. The monoisotopic (exact) mass is 245 g/mol. The highest BCUT2D eigenvalue weighted by Gasteiger charge is 2.09. The summed E-state index contributed by atoms with van der Waals surface area (Å²) in [6.07, 6.45) is 1.51. The first-order valence-electron chi connectivity index (χ1n) is 5.30. The third-order valence-electron chi connectivity index (χ3n) is 2.47. The molecule has 0 saturated heterocycles. The number of hydrogen-bond donors (Lipinski definition) is 0. The molecule has 17 heavy (non-hydrogen) atoms. The fourth-order valence-electron chi connectivity index (χ4n) is 1.55. The zero-order valence-corrected chi connectivity index (χ0v) is 10.2. The standard InChI is InChI=1S/C14H12ClNO/c1-11-6-5-9-13(14(11)15)16(17)10-12-7-3-2-4-8-12/h2-10H,1H3. The molecule has 2 aromatic carbocycles. The van der Waals surface area contributed by atoms with E-state index < -0.39 is 0 Å². The second-order valence-corrected chi connectivity index (χ2v) is 4.15. The van der Waals surface area contributed by atoms with Crippen LogP contribution in [0, 0.1) is 12.1 Å². The number of halogens is 1. The van der Waals surface area contributed by atoms with E-state index in [9.17, 15) is 5.21 Å². The van der Waals surface area contributed by atoms with Gasteiger partial charge in [-0.1, -0.05) is 41.9 Å². The van der Waals surface area contributed by atoms with Gasteiger partial charge < -0.3 is 5.21 Å². The second-order valence-electron chi connectivity index (χ2n) is 3.77. The van der Waals surface area contributed by atoms with Crippen LogP contribution in [-0.2, 0) is 0 Å². The maximum absolute atomic E-state index is 12.0. The minimum atomic E-state index is 0.468. The number of aryl methyl sites for hydroxylation is 1. The largest absolute Gasteiger partial charge is 0.618 e. The van der Waals surface area contributed by atoms with Gasteiger partial charge in [-0.3, -0.25) is 0 Å². The van der Waals surface area contributed by atoms with E-state index >= 15 is 0 Å². The van der Waals surface area contributed by atoms with Gasteiger partial charge in [-0.25, -0.2) is 0 Å². The first kappa shape index (κ1) is 11.7. The summed E-state index contributed by atoms with van der Waals surface area (Å²) in [4.78, 5) is 0. The summed E-state index contributed by atoms with van der Waals surface area (Å²) in [6.45, 7) is 1.88. The molecule has 0 atom stereocenters. The van der Waals surface area contributed by atoms with Crippen molar-refractivity contribution in [1.29, 1.82) is 0 Å². The molecule has 0 spiro atoms. The van der Waals surface area contributed by atoms with Crippen molar-refractivity contribution in [3.05, 3.63) is 69.9 Å². The summed E-state index contributed by atoms with van der Waals surface area (Å²) in [6, 6.07) is 14.8. The van der Waals surface area contributed by atoms with Gasteiger partial charge in [-0.15, -0.1) is 0 Å². The van der Waals surface area contributed by atoms with Gasteiger partial charge in [0, 0.05) is 11.6 Å². The van der Waals surface area contributed by atoms with Crippen LogP contribution >= 0.6 is 11.6 Å². The van der Waals surface area contributed by atoms with Crippen LogP contribution in [0.1, 0.15) is 11.1 Å².